The van der Waals surface area contributed by atoms with Crippen LogP contribution >= 0.6 is 0 Å². The van der Waals surface area contributed by atoms with Crippen LogP contribution in [0.3, 0.4) is 0 Å². The summed E-state index contributed by atoms with van der Waals surface area (Å²) in [6, 6.07) is 0.356. The summed E-state index contributed by atoms with van der Waals surface area (Å²) in [5, 5.41) is 8.81. The van der Waals surface area contributed by atoms with Gasteiger partial charge in [-0.2, -0.15) is 0 Å². The quantitative estimate of drug-likeness (QED) is 0.677. The van der Waals surface area contributed by atoms with Gasteiger partial charge in [0.25, 0.3) is 0 Å². The van der Waals surface area contributed by atoms with Crippen LogP contribution in [0.5, 0.6) is 0 Å². The van der Waals surface area contributed by atoms with Crippen molar-refractivity contribution in [1.29, 1.82) is 0 Å². The predicted molar refractivity (Wildman–Crippen MR) is 45.1 cm³/mol. The van der Waals surface area contributed by atoms with Crippen LogP contribution in [-0.2, 0) is 9.59 Å². The van der Waals surface area contributed by atoms with Gasteiger partial charge in [-0.1, -0.05) is 0 Å². The summed E-state index contributed by atoms with van der Waals surface area (Å²) in [6.07, 6.45) is 3.03. The maximum Gasteiger partial charge on any atom is 0.308 e. The lowest BCUT2D eigenvalue weighted by Crippen LogP contribution is -2.43. The van der Waals surface area contributed by atoms with Gasteiger partial charge in [0.1, 0.15) is 0 Å². The molecule has 1 aliphatic heterocycles. The Morgan fingerprint density at radius 1 is 1.38 bits per heavy atom. The third kappa shape index (κ3) is 1.66. The average molecular weight is 183 g/mol. The van der Waals surface area contributed by atoms with Gasteiger partial charge < -0.3 is 10.0 Å². The Bertz CT molecular complexity index is 247. The number of hydrogen-bond acceptors (Lipinski definition) is 2. The van der Waals surface area contributed by atoms with Crippen molar-refractivity contribution in [2.24, 2.45) is 5.92 Å². The molecule has 1 heterocycles. The summed E-state index contributed by atoms with van der Waals surface area (Å²) in [5.74, 6) is -0.962. The number of nitrogens with zero attached hydrogens (tertiary/aromatic N) is 1. The molecule has 0 unspecified atom stereocenters. The minimum atomic E-state index is -0.766. The van der Waals surface area contributed by atoms with Crippen LogP contribution in [0.15, 0.2) is 0 Å². The van der Waals surface area contributed by atoms with E-state index in [1.807, 2.05) is 0 Å². The topological polar surface area (TPSA) is 57.6 Å². The molecule has 2 aliphatic rings. The largest absolute Gasteiger partial charge is 0.481 e. The molecular weight excluding hydrogens is 170 g/mol. The highest BCUT2D eigenvalue weighted by Crippen LogP contribution is 2.31. The van der Waals surface area contributed by atoms with Gasteiger partial charge >= 0.3 is 5.97 Å². The average Bonchev–Trinajstić information content (AvgIpc) is 2.87. The van der Waals surface area contributed by atoms with Gasteiger partial charge in [-0.05, 0) is 19.3 Å². The Hall–Kier alpha value is -1.06. The smallest absolute Gasteiger partial charge is 0.308 e. The third-order valence-electron chi connectivity index (χ3n) is 2.78. The van der Waals surface area contributed by atoms with Crippen molar-refractivity contribution in [2.75, 3.05) is 6.54 Å². The SMILES string of the molecule is O=C(O)[C@H]1CCC(=O)N(C2CC2)C1. The van der Waals surface area contributed by atoms with Crippen LogP contribution in [-0.4, -0.2) is 34.5 Å². The van der Waals surface area contributed by atoms with Gasteiger partial charge in [-0.3, -0.25) is 9.59 Å². The van der Waals surface area contributed by atoms with Crippen LogP contribution in [0.1, 0.15) is 25.7 Å². The normalized spacial score (nSPS) is 29.1. The molecule has 0 bridgehead atoms. The van der Waals surface area contributed by atoms with E-state index in [1.54, 1.807) is 4.90 Å². The van der Waals surface area contributed by atoms with Crippen molar-refractivity contribution < 1.29 is 14.7 Å². The molecule has 2 rings (SSSR count). The van der Waals surface area contributed by atoms with E-state index in [2.05, 4.69) is 0 Å². The van der Waals surface area contributed by atoms with Crippen molar-refractivity contribution in [3.8, 4) is 0 Å². The van der Waals surface area contributed by atoms with E-state index < -0.39 is 5.97 Å². The number of carboxylic acid groups (broad SMARTS) is 1. The van der Waals surface area contributed by atoms with Gasteiger partial charge in [0.15, 0.2) is 0 Å². The molecule has 1 N–H and O–H groups in total. The number of aliphatic carboxylic acids is 1. The molecule has 72 valence electrons. The number of piperidine rings is 1. The van der Waals surface area contributed by atoms with Crippen LogP contribution in [0.25, 0.3) is 0 Å². The van der Waals surface area contributed by atoms with Crippen molar-refractivity contribution in [2.45, 2.75) is 31.7 Å². The van der Waals surface area contributed by atoms with E-state index in [1.165, 1.54) is 0 Å². The first kappa shape index (κ1) is 8.53. The number of amides is 1. The summed E-state index contributed by atoms with van der Waals surface area (Å²) in [7, 11) is 0. The monoisotopic (exact) mass is 183 g/mol. The van der Waals surface area contributed by atoms with Crippen LogP contribution < -0.4 is 0 Å². The number of rotatable bonds is 2. The number of likely N-dealkylation sites (tertiary alicyclic amines) is 1. The molecule has 1 atom stereocenters. The third-order valence-corrected chi connectivity index (χ3v) is 2.78. The zero-order valence-electron chi connectivity index (χ0n) is 7.40. The second-order valence-electron chi connectivity index (χ2n) is 3.85. The summed E-state index contributed by atoms with van der Waals surface area (Å²) < 4.78 is 0. The van der Waals surface area contributed by atoms with E-state index in [0.717, 1.165) is 12.8 Å². The molecule has 1 saturated heterocycles. The molecule has 1 amide bonds. The Balaban J connectivity index is 2.00. The fraction of sp³-hybridized carbons (Fsp3) is 0.778. The number of hydrogen-bond donors (Lipinski definition) is 1. The molecule has 13 heavy (non-hydrogen) atoms. The maximum absolute atomic E-state index is 11.4. The van der Waals surface area contributed by atoms with Crippen molar-refractivity contribution in [3.05, 3.63) is 0 Å². The van der Waals surface area contributed by atoms with E-state index in [9.17, 15) is 9.59 Å². The molecule has 0 aromatic heterocycles. The lowest BCUT2D eigenvalue weighted by Gasteiger charge is -2.30. The van der Waals surface area contributed by atoms with Gasteiger partial charge in [-0.25, -0.2) is 0 Å². The molecule has 0 radical (unpaired) electrons. The standard InChI is InChI=1S/C9H13NO3/c11-8-4-1-6(9(12)13)5-10(8)7-2-3-7/h6-7H,1-5H2,(H,12,13)/t6-/m0/s1. The Morgan fingerprint density at radius 3 is 2.62 bits per heavy atom. The fourth-order valence-corrected chi connectivity index (χ4v) is 1.81. The zero-order valence-corrected chi connectivity index (χ0v) is 7.40. The Kier molecular flexibility index (Phi) is 1.98. The van der Waals surface area contributed by atoms with Crippen LogP contribution in [0, 0.1) is 5.92 Å². The summed E-state index contributed by atoms with van der Waals surface area (Å²) in [6.45, 7) is 0.429. The first-order valence-corrected chi connectivity index (χ1v) is 4.71. The molecule has 0 aromatic rings. The van der Waals surface area contributed by atoms with Crippen molar-refractivity contribution in [3.63, 3.8) is 0 Å². The molecule has 0 aromatic carbocycles. The van der Waals surface area contributed by atoms with E-state index in [0.29, 0.717) is 25.4 Å². The van der Waals surface area contributed by atoms with E-state index >= 15 is 0 Å². The van der Waals surface area contributed by atoms with E-state index in [-0.39, 0.29) is 11.8 Å². The van der Waals surface area contributed by atoms with Gasteiger partial charge in [-0.15, -0.1) is 0 Å². The molecule has 1 saturated carbocycles. The zero-order chi connectivity index (χ0) is 9.42. The number of carbonyl (C=O) groups is 2. The molecule has 2 fully saturated rings. The fourth-order valence-electron chi connectivity index (χ4n) is 1.81. The lowest BCUT2D eigenvalue weighted by molar-refractivity contribution is -0.147. The molecular formula is C9H13NO3. The highest BCUT2D eigenvalue weighted by molar-refractivity contribution is 5.81. The molecule has 1 aliphatic carbocycles. The minimum absolute atomic E-state index is 0.139. The van der Waals surface area contributed by atoms with Gasteiger partial charge in [0.05, 0.1) is 5.92 Å². The van der Waals surface area contributed by atoms with Crippen LogP contribution in [0.4, 0.5) is 0 Å². The second kappa shape index (κ2) is 3.01. The highest BCUT2D eigenvalue weighted by Gasteiger charge is 2.38. The number of carboxylic acids is 1. The van der Waals surface area contributed by atoms with Crippen molar-refractivity contribution in [1.82, 2.24) is 4.90 Å². The molecule has 4 heteroatoms. The summed E-state index contributed by atoms with van der Waals surface area (Å²) >= 11 is 0. The van der Waals surface area contributed by atoms with Crippen molar-refractivity contribution >= 4 is 11.9 Å². The lowest BCUT2D eigenvalue weighted by atomic mass is 9.98. The van der Waals surface area contributed by atoms with E-state index in [4.69, 9.17) is 5.11 Å². The molecule has 4 nitrogen and oxygen atoms in total. The first-order chi connectivity index (χ1) is 6.18. The summed E-state index contributed by atoms with van der Waals surface area (Å²) in [4.78, 5) is 23.8. The Labute approximate surface area is 76.5 Å². The van der Waals surface area contributed by atoms with Gasteiger partial charge in [0, 0.05) is 19.0 Å². The summed E-state index contributed by atoms with van der Waals surface area (Å²) in [5.41, 5.74) is 0. The maximum atomic E-state index is 11.4. The minimum Gasteiger partial charge on any atom is -0.481 e. The first-order valence-electron chi connectivity index (χ1n) is 4.71. The predicted octanol–water partition coefficient (Wildman–Crippen LogP) is 0.472. The number of carbonyl (C=O) groups excluding carboxylic acids is 1. The van der Waals surface area contributed by atoms with Crippen LogP contribution in [0.2, 0.25) is 0 Å². The molecule has 0 spiro atoms. The second-order valence-corrected chi connectivity index (χ2v) is 3.85. The highest BCUT2D eigenvalue weighted by atomic mass is 16.4. The Morgan fingerprint density at radius 2 is 2.08 bits per heavy atom. The van der Waals surface area contributed by atoms with Gasteiger partial charge in [0.2, 0.25) is 5.91 Å².